The molecule has 0 aliphatic heterocycles. The van der Waals surface area contributed by atoms with E-state index in [0.29, 0.717) is 24.7 Å². The highest BCUT2D eigenvalue weighted by Crippen LogP contribution is 2.23. The van der Waals surface area contributed by atoms with Crippen LogP contribution in [0.2, 0.25) is 0 Å². The van der Waals surface area contributed by atoms with Crippen molar-refractivity contribution in [1.29, 1.82) is 0 Å². The molecule has 6 heteroatoms. The van der Waals surface area contributed by atoms with Crippen molar-refractivity contribution in [2.24, 2.45) is 0 Å². The van der Waals surface area contributed by atoms with Crippen LogP contribution in [0.4, 0.5) is 0 Å². The number of amides is 1. The van der Waals surface area contributed by atoms with E-state index in [4.69, 9.17) is 9.15 Å². The molecule has 0 aliphatic carbocycles. The number of rotatable bonds is 6. The van der Waals surface area contributed by atoms with Crippen molar-refractivity contribution >= 4 is 17.2 Å². The van der Waals surface area contributed by atoms with Crippen molar-refractivity contribution < 1.29 is 13.9 Å². The Kier molecular flexibility index (Phi) is 4.70. The van der Waals surface area contributed by atoms with Gasteiger partial charge in [0.15, 0.2) is 11.5 Å². The largest absolute Gasteiger partial charge is 0.449 e. The number of hydrogen-bond acceptors (Lipinski definition) is 5. The number of ether oxygens (including phenoxy) is 1. The fourth-order valence-electron chi connectivity index (χ4n) is 1.58. The molecule has 5 nitrogen and oxygen atoms in total. The molecule has 0 fully saturated rings. The third kappa shape index (κ3) is 3.65. The number of methoxy groups -OCH3 is 1. The molecule has 0 saturated heterocycles. The average molecular weight is 280 g/mol. The molecule has 0 aliphatic rings. The van der Waals surface area contributed by atoms with Crippen molar-refractivity contribution in [3.63, 3.8) is 0 Å². The standard InChI is InChI=1S/C13H16N2O3S/c1-9-15-10(8-19-9)11-4-5-12(18-11)13(16)14-6-3-7-17-2/h4-5,8H,3,6-7H2,1-2H3,(H,14,16). The summed E-state index contributed by atoms with van der Waals surface area (Å²) in [5.41, 5.74) is 0.765. The van der Waals surface area contributed by atoms with Crippen molar-refractivity contribution in [1.82, 2.24) is 10.3 Å². The minimum atomic E-state index is -0.214. The first-order valence-corrected chi connectivity index (χ1v) is 6.88. The summed E-state index contributed by atoms with van der Waals surface area (Å²) < 4.78 is 10.4. The van der Waals surface area contributed by atoms with Crippen LogP contribution in [-0.2, 0) is 4.74 Å². The molecule has 0 unspecified atom stereocenters. The number of carbonyl (C=O) groups is 1. The van der Waals surface area contributed by atoms with Gasteiger partial charge in [-0.2, -0.15) is 0 Å². The van der Waals surface area contributed by atoms with E-state index in [1.54, 1.807) is 30.6 Å². The molecule has 102 valence electrons. The maximum atomic E-state index is 11.8. The number of nitrogens with zero attached hydrogens (tertiary/aromatic N) is 1. The van der Waals surface area contributed by atoms with E-state index >= 15 is 0 Å². The van der Waals surface area contributed by atoms with Crippen molar-refractivity contribution in [2.45, 2.75) is 13.3 Å². The van der Waals surface area contributed by atoms with E-state index in [1.807, 2.05) is 12.3 Å². The summed E-state index contributed by atoms with van der Waals surface area (Å²) in [4.78, 5) is 16.1. The quantitative estimate of drug-likeness (QED) is 0.826. The topological polar surface area (TPSA) is 64.4 Å². The molecule has 19 heavy (non-hydrogen) atoms. The predicted octanol–water partition coefficient (Wildman–Crippen LogP) is 2.48. The van der Waals surface area contributed by atoms with Gasteiger partial charge < -0.3 is 14.5 Å². The number of aromatic nitrogens is 1. The molecule has 1 N–H and O–H groups in total. The Labute approximate surface area is 115 Å². The normalized spacial score (nSPS) is 10.6. The number of nitrogens with one attached hydrogen (secondary N) is 1. The van der Waals surface area contributed by atoms with Gasteiger partial charge in [-0.05, 0) is 25.5 Å². The van der Waals surface area contributed by atoms with E-state index in [9.17, 15) is 4.79 Å². The number of hydrogen-bond donors (Lipinski definition) is 1. The molecule has 0 spiro atoms. The van der Waals surface area contributed by atoms with Crippen LogP contribution in [0.3, 0.4) is 0 Å². The predicted molar refractivity (Wildman–Crippen MR) is 73.4 cm³/mol. The van der Waals surface area contributed by atoms with Crippen LogP contribution < -0.4 is 5.32 Å². The highest BCUT2D eigenvalue weighted by atomic mass is 32.1. The zero-order chi connectivity index (χ0) is 13.7. The second-order valence-electron chi connectivity index (χ2n) is 4.02. The number of aryl methyl sites for hydroxylation is 1. The molecule has 2 rings (SSSR count). The Morgan fingerprint density at radius 3 is 3.05 bits per heavy atom. The van der Waals surface area contributed by atoms with Gasteiger partial charge in [0.25, 0.3) is 5.91 Å². The van der Waals surface area contributed by atoms with Gasteiger partial charge >= 0.3 is 0 Å². The highest BCUT2D eigenvalue weighted by Gasteiger charge is 2.13. The third-order valence-electron chi connectivity index (χ3n) is 2.51. The Bertz CT molecular complexity index is 548. The van der Waals surface area contributed by atoms with Crippen LogP contribution in [0.5, 0.6) is 0 Å². The maximum Gasteiger partial charge on any atom is 0.287 e. The summed E-state index contributed by atoms with van der Waals surface area (Å²) in [7, 11) is 1.64. The number of carbonyl (C=O) groups excluding carboxylic acids is 1. The fraction of sp³-hybridized carbons (Fsp3) is 0.385. The lowest BCUT2D eigenvalue weighted by molar-refractivity contribution is 0.0922. The Morgan fingerprint density at radius 1 is 1.53 bits per heavy atom. The molecule has 2 aromatic heterocycles. The van der Waals surface area contributed by atoms with Crippen LogP contribution in [0.15, 0.2) is 21.9 Å². The van der Waals surface area contributed by atoms with Crippen LogP contribution in [0, 0.1) is 6.92 Å². The SMILES string of the molecule is COCCCNC(=O)c1ccc(-c2csc(C)n2)o1. The molecule has 0 atom stereocenters. The Hall–Kier alpha value is -1.66. The maximum absolute atomic E-state index is 11.8. The lowest BCUT2D eigenvalue weighted by Gasteiger charge is -2.01. The van der Waals surface area contributed by atoms with E-state index < -0.39 is 0 Å². The summed E-state index contributed by atoms with van der Waals surface area (Å²) in [6.45, 7) is 3.13. The molecular weight excluding hydrogens is 264 g/mol. The Morgan fingerprint density at radius 2 is 2.37 bits per heavy atom. The van der Waals surface area contributed by atoms with Crippen molar-refractivity contribution in [3.05, 3.63) is 28.3 Å². The van der Waals surface area contributed by atoms with Crippen molar-refractivity contribution in [3.8, 4) is 11.5 Å². The number of thiazole rings is 1. The minimum absolute atomic E-state index is 0.214. The zero-order valence-corrected chi connectivity index (χ0v) is 11.8. The van der Waals surface area contributed by atoms with Gasteiger partial charge in [-0.25, -0.2) is 4.98 Å². The molecule has 0 bridgehead atoms. The van der Waals surface area contributed by atoms with Crippen LogP contribution in [-0.4, -0.2) is 31.2 Å². The molecule has 0 aromatic carbocycles. The zero-order valence-electron chi connectivity index (χ0n) is 10.9. The minimum Gasteiger partial charge on any atom is -0.449 e. The fourth-order valence-corrected chi connectivity index (χ4v) is 2.18. The van der Waals surface area contributed by atoms with Crippen LogP contribution in [0.1, 0.15) is 22.0 Å². The second kappa shape index (κ2) is 6.49. The van der Waals surface area contributed by atoms with Crippen LogP contribution >= 0.6 is 11.3 Å². The number of furan rings is 1. The van der Waals surface area contributed by atoms with Gasteiger partial charge in [0, 0.05) is 25.6 Å². The molecule has 2 heterocycles. The van der Waals surface area contributed by atoms with Gasteiger partial charge in [-0.3, -0.25) is 4.79 Å². The van der Waals surface area contributed by atoms with Crippen LogP contribution in [0.25, 0.3) is 11.5 Å². The summed E-state index contributed by atoms with van der Waals surface area (Å²) in [6, 6.07) is 3.42. The first-order valence-electron chi connectivity index (χ1n) is 6.00. The molecular formula is C13H16N2O3S. The first-order chi connectivity index (χ1) is 9.20. The lowest BCUT2D eigenvalue weighted by atomic mass is 10.3. The molecule has 0 radical (unpaired) electrons. The van der Waals surface area contributed by atoms with Gasteiger partial charge in [0.1, 0.15) is 5.69 Å². The second-order valence-corrected chi connectivity index (χ2v) is 5.08. The Balaban J connectivity index is 1.95. The van der Waals surface area contributed by atoms with Crippen molar-refractivity contribution in [2.75, 3.05) is 20.3 Å². The molecule has 0 saturated carbocycles. The monoisotopic (exact) mass is 280 g/mol. The van der Waals surface area contributed by atoms with E-state index in [0.717, 1.165) is 17.1 Å². The van der Waals surface area contributed by atoms with Gasteiger partial charge in [0.2, 0.25) is 0 Å². The van der Waals surface area contributed by atoms with E-state index in [1.165, 1.54) is 0 Å². The molecule has 2 aromatic rings. The summed E-state index contributed by atoms with van der Waals surface area (Å²) in [5, 5.41) is 5.65. The lowest BCUT2D eigenvalue weighted by Crippen LogP contribution is -2.24. The van der Waals surface area contributed by atoms with E-state index in [2.05, 4.69) is 10.3 Å². The third-order valence-corrected chi connectivity index (χ3v) is 3.29. The van der Waals surface area contributed by atoms with Gasteiger partial charge in [0.05, 0.1) is 5.01 Å². The van der Waals surface area contributed by atoms with Gasteiger partial charge in [-0.1, -0.05) is 0 Å². The summed E-state index contributed by atoms with van der Waals surface area (Å²) in [5.74, 6) is 0.707. The molecule has 1 amide bonds. The highest BCUT2D eigenvalue weighted by molar-refractivity contribution is 7.09. The van der Waals surface area contributed by atoms with E-state index in [-0.39, 0.29) is 5.91 Å². The summed E-state index contributed by atoms with van der Waals surface area (Å²) >= 11 is 1.55. The van der Waals surface area contributed by atoms with Gasteiger partial charge in [-0.15, -0.1) is 11.3 Å². The first kappa shape index (κ1) is 13.8. The average Bonchev–Trinajstić information content (AvgIpc) is 3.02. The summed E-state index contributed by atoms with van der Waals surface area (Å²) in [6.07, 6.45) is 0.779. The smallest absolute Gasteiger partial charge is 0.287 e.